The number of aromatic nitrogens is 4. The minimum absolute atomic E-state index is 0.177. The second kappa shape index (κ2) is 8.08. The minimum atomic E-state index is -0.543. The lowest BCUT2D eigenvalue weighted by Gasteiger charge is -2.11. The van der Waals surface area contributed by atoms with E-state index in [1.54, 1.807) is 6.08 Å². The maximum atomic E-state index is 12.6. The highest BCUT2D eigenvalue weighted by Crippen LogP contribution is 2.09. The predicted molar refractivity (Wildman–Crippen MR) is 106 cm³/mol. The van der Waals surface area contributed by atoms with E-state index in [-0.39, 0.29) is 23.8 Å². The normalized spacial score (nSPS) is 11.6. The SMILES string of the molecule is CC(C)Cn1c(=O)n(C)c(=O)c2c1ncn2COC(=O)/C=C/c1ccccc1. The van der Waals surface area contributed by atoms with Gasteiger partial charge in [-0.25, -0.2) is 14.6 Å². The first-order chi connectivity index (χ1) is 13.4. The Bertz CT molecular complexity index is 1140. The molecule has 2 aromatic heterocycles. The first-order valence-electron chi connectivity index (χ1n) is 8.93. The molecule has 0 fully saturated rings. The lowest BCUT2D eigenvalue weighted by Crippen LogP contribution is -2.39. The molecule has 2 heterocycles. The van der Waals surface area contributed by atoms with Crippen molar-refractivity contribution in [2.75, 3.05) is 0 Å². The van der Waals surface area contributed by atoms with Gasteiger partial charge in [0.05, 0.1) is 0 Å². The molecule has 0 radical (unpaired) electrons. The molecule has 0 aliphatic heterocycles. The van der Waals surface area contributed by atoms with Gasteiger partial charge in [0.1, 0.15) is 6.33 Å². The number of imidazole rings is 1. The molecular weight excluding hydrogens is 360 g/mol. The molecule has 0 atom stereocenters. The zero-order chi connectivity index (χ0) is 20.3. The summed E-state index contributed by atoms with van der Waals surface area (Å²) in [6.45, 7) is 4.20. The molecule has 0 saturated heterocycles. The summed E-state index contributed by atoms with van der Waals surface area (Å²) in [6.07, 6.45) is 4.37. The second-order valence-corrected chi connectivity index (χ2v) is 6.87. The van der Waals surface area contributed by atoms with Crippen LogP contribution in [0, 0.1) is 5.92 Å². The molecule has 0 amide bonds. The van der Waals surface area contributed by atoms with E-state index >= 15 is 0 Å². The van der Waals surface area contributed by atoms with E-state index in [0.717, 1.165) is 10.1 Å². The van der Waals surface area contributed by atoms with Crippen molar-refractivity contribution >= 4 is 23.2 Å². The number of hydrogen-bond donors (Lipinski definition) is 0. The topological polar surface area (TPSA) is 88.1 Å². The fraction of sp³-hybridized carbons (Fsp3) is 0.300. The van der Waals surface area contributed by atoms with Gasteiger partial charge in [-0.1, -0.05) is 44.2 Å². The Hall–Kier alpha value is -3.42. The van der Waals surface area contributed by atoms with Crippen molar-refractivity contribution in [2.45, 2.75) is 27.1 Å². The third-order valence-electron chi connectivity index (χ3n) is 4.20. The van der Waals surface area contributed by atoms with Gasteiger partial charge in [-0.15, -0.1) is 0 Å². The molecule has 0 N–H and O–H groups in total. The molecule has 8 nitrogen and oxygen atoms in total. The Morgan fingerprint density at radius 3 is 2.61 bits per heavy atom. The van der Waals surface area contributed by atoms with Crippen LogP contribution in [-0.4, -0.2) is 24.7 Å². The zero-order valence-corrected chi connectivity index (χ0v) is 16.0. The van der Waals surface area contributed by atoms with Crippen LogP contribution in [0.3, 0.4) is 0 Å². The zero-order valence-electron chi connectivity index (χ0n) is 16.0. The third kappa shape index (κ3) is 3.95. The van der Waals surface area contributed by atoms with E-state index in [1.807, 2.05) is 44.2 Å². The highest BCUT2D eigenvalue weighted by atomic mass is 16.5. The molecule has 0 unspecified atom stereocenters. The lowest BCUT2D eigenvalue weighted by molar-refractivity contribution is -0.141. The van der Waals surface area contributed by atoms with E-state index in [1.165, 1.54) is 28.6 Å². The number of esters is 1. The molecule has 1 aromatic carbocycles. The van der Waals surface area contributed by atoms with E-state index in [4.69, 9.17) is 4.74 Å². The lowest BCUT2D eigenvalue weighted by atomic mass is 10.2. The fourth-order valence-corrected chi connectivity index (χ4v) is 2.84. The van der Waals surface area contributed by atoms with Crippen LogP contribution in [0.5, 0.6) is 0 Å². The van der Waals surface area contributed by atoms with Crippen molar-refractivity contribution in [3.8, 4) is 0 Å². The van der Waals surface area contributed by atoms with Gasteiger partial charge in [0.15, 0.2) is 17.9 Å². The van der Waals surface area contributed by atoms with Crippen molar-refractivity contribution in [1.82, 2.24) is 18.7 Å². The number of hydrogen-bond acceptors (Lipinski definition) is 5. The van der Waals surface area contributed by atoms with Crippen LogP contribution in [0.4, 0.5) is 0 Å². The van der Waals surface area contributed by atoms with Gasteiger partial charge < -0.3 is 4.74 Å². The molecule has 0 spiro atoms. The summed E-state index contributed by atoms with van der Waals surface area (Å²) in [5.41, 5.74) is 0.493. The first kappa shape index (κ1) is 19.3. The minimum Gasteiger partial charge on any atom is -0.441 e. The molecule has 0 aliphatic rings. The quantitative estimate of drug-likeness (QED) is 0.479. The van der Waals surface area contributed by atoms with Gasteiger partial charge in [-0.3, -0.25) is 18.5 Å². The van der Waals surface area contributed by atoms with Crippen LogP contribution in [-0.2, 0) is 29.9 Å². The monoisotopic (exact) mass is 382 g/mol. The van der Waals surface area contributed by atoms with Crippen molar-refractivity contribution in [3.05, 3.63) is 69.1 Å². The molecule has 8 heteroatoms. The van der Waals surface area contributed by atoms with Crippen LogP contribution in [0.2, 0.25) is 0 Å². The van der Waals surface area contributed by atoms with Crippen LogP contribution in [0.25, 0.3) is 17.2 Å². The predicted octanol–water partition coefficient (Wildman–Crippen LogP) is 1.77. The van der Waals surface area contributed by atoms with Gasteiger partial charge in [0.2, 0.25) is 0 Å². The van der Waals surface area contributed by atoms with Gasteiger partial charge in [0, 0.05) is 19.7 Å². The summed E-state index contributed by atoms with van der Waals surface area (Å²) in [5.74, 6) is -0.345. The van der Waals surface area contributed by atoms with Gasteiger partial charge >= 0.3 is 11.7 Å². The van der Waals surface area contributed by atoms with Crippen LogP contribution in [0.15, 0.2) is 52.3 Å². The Labute approximate surface area is 161 Å². The molecule has 28 heavy (non-hydrogen) atoms. The van der Waals surface area contributed by atoms with Crippen LogP contribution in [0.1, 0.15) is 19.4 Å². The first-order valence-corrected chi connectivity index (χ1v) is 8.93. The maximum Gasteiger partial charge on any atom is 0.332 e. The molecule has 0 saturated carbocycles. The highest BCUT2D eigenvalue weighted by molar-refractivity contribution is 5.87. The van der Waals surface area contributed by atoms with Gasteiger partial charge in [0.25, 0.3) is 5.56 Å². The van der Waals surface area contributed by atoms with Crippen LogP contribution >= 0.6 is 0 Å². The van der Waals surface area contributed by atoms with Gasteiger partial charge in [-0.05, 0) is 17.6 Å². The van der Waals surface area contributed by atoms with Crippen molar-refractivity contribution in [3.63, 3.8) is 0 Å². The smallest absolute Gasteiger partial charge is 0.332 e. The molecule has 3 rings (SSSR count). The summed E-state index contributed by atoms with van der Waals surface area (Å²) >= 11 is 0. The number of carbonyl (C=O) groups is 1. The number of ether oxygens (including phenoxy) is 1. The third-order valence-corrected chi connectivity index (χ3v) is 4.20. The van der Waals surface area contributed by atoms with Crippen molar-refractivity contribution in [2.24, 2.45) is 13.0 Å². The Balaban J connectivity index is 1.85. The largest absolute Gasteiger partial charge is 0.441 e. The number of fused-ring (bicyclic) bond motifs is 1. The van der Waals surface area contributed by atoms with Crippen molar-refractivity contribution in [1.29, 1.82) is 0 Å². The summed E-state index contributed by atoms with van der Waals surface area (Å²) in [6, 6.07) is 9.36. The Morgan fingerprint density at radius 1 is 1.21 bits per heavy atom. The number of rotatable bonds is 6. The Kier molecular flexibility index (Phi) is 5.58. The Morgan fingerprint density at radius 2 is 1.93 bits per heavy atom. The standard InChI is InChI=1S/C20H22N4O4/c1-14(2)11-24-18-17(19(26)22(3)20(24)27)23(12-21-18)13-28-16(25)10-9-15-7-5-4-6-8-15/h4-10,12,14H,11,13H2,1-3H3/b10-9+. The van der Waals surface area contributed by atoms with E-state index < -0.39 is 17.2 Å². The molecule has 0 aliphatic carbocycles. The van der Waals surface area contributed by atoms with Crippen molar-refractivity contribution < 1.29 is 9.53 Å². The van der Waals surface area contributed by atoms with Crippen LogP contribution < -0.4 is 11.2 Å². The highest BCUT2D eigenvalue weighted by Gasteiger charge is 2.17. The molecular formula is C20H22N4O4. The summed E-state index contributed by atoms with van der Waals surface area (Å²) in [4.78, 5) is 41.2. The van der Waals surface area contributed by atoms with E-state index in [9.17, 15) is 14.4 Å². The summed E-state index contributed by atoms with van der Waals surface area (Å²) in [5, 5.41) is 0. The van der Waals surface area contributed by atoms with Gasteiger partial charge in [-0.2, -0.15) is 0 Å². The number of nitrogens with zero attached hydrogens (tertiary/aromatic N) is 4. The second-order valence-electron chi connectivity index (χ2n) is 6.87. The summed E-state index contributed by atoms with van der Waals surface area (Å²) in [7, 11) is 1.42. The van der Waals surface area contributed by atoms with E-state index in [0.29, 0.717) is 6.54 Å². The average molecular weight is 382 g/mol. The van der Waals surface area contributed by atoms with E-state index in [2.05, 4.69) is 4.98 Å². The maximum absolute atomic E-state index is 12.6. The molecule has 3 aromatic rings. The summed E-state index contributed by atoms with van der Waals surface area (Å²) < 4.78 is 9.17. The molecule has 0 bridgehead atoms. The molecule has 146 valence electrons. The number of benzene rings is 1. The number of carbonyl (C=O) groups excluding carboxylic acids is 1. The average Bonchev–Trinajstić information content (AvgIpc) is 3.11. The fourth-order valence-electron chi connectivity index (χ4n) is 2.84.